The summed E-state index contributed by atoms with van der Waals surface area (Å²) in [5.41, 5.74) is 2.37. The molecule has 4 heteroatoms. The molecule has 0 aliphatic heterocycles. The molecule has 4 nitrogen and oxygen atoms in total. The Kier molecular flexibility index (Phi) is 8.06. The van der Waals surface area contributed by atoms with Crippen molar-refractivity contribution in [3.8, 4) is 0 Å². The third kappa shape index (κ3) is 4.95. The summed E-state index contributed by atoms with van der Waals surface area (Å²) in [6, 6.07) is 0. The maximum Gasteiger partial charge on any atom is 0.407 e. The molecular formula is C30H51NO3. The molecule has 0 aromatic heterocycles. The van der Waals surface area contributed by atoms with Gasteiger partial charge in [-0.2, -0.15) is 0 Å². The standard InChI is InChI=1S/C30H51NO3/c1-20(2)7-6-8-21(3)25-11-12-26-24-10-9-22-19-23(34-28(33)31-17-18-32)13-15-29(22,4)27(24)14-16-30(25,26)5/h9,20-21,23-27,32H,6-8,10-19H2,1-5H3,(H,31,33)/t21-,23+,24?,25-,26?,27?,29+,30-/m1/s1. The van der Waals surface area contributed by atoms with Gasteiger partial charge in [-0.3, -0.25) is 0 Å². The highest BCUT2D eigenvalue weighted by atomic mass is 16.6. The number of hydrogen-bond donors (Lipinski definition) is 2. The topological polar surface area (TPSA) is 58.6 Å². The van der Waals surface area contributed by atoms with E-state index in [1.807, 2.05) is 0 Å². The minimum absolute atomic E-state index is 0.0222. The van der Waals surface area contributed by atoms with Crippen LogP contribution in [0, 0.1) is 46.3 Å². The first-order chi connectivity index (χ1) is 16.2. The van der Waals surface area contributed by atoms with E-state index in [-0.39, 0.29) is 30.8 Å². The molecule has 0 heterocycles. The van der Waals surface area contributed by atoms with Crippen LogP contribution >= 0.6 is 0 Å². The van der Waals surface area contributed by atoms with Crippen molar-refractivity contribution < 1.29 is 14.6 Å². The maximum atomic E-state index is 12.0. The number of aliphatic hydroxyl groups is 1. The predicted octanol–water partition coefficient (Wildman–Crippen LogP) is 7.11. The molecule has 0 saturated heterocycles. The van der Waals surface area contributed by atoms with E-state index in [0.717, 1.165) is 54.8 Å². The van der Waals surface area contributed by atoms with Crippen LogP contribution in [0.25, 0.3) is 0 Å². The zero-order valence-electron chi connectivity index (χ0n) is 22.6. The number of carbonyl (C=O) groups excluding carboxylic acids is 1. The van der Waals surface area contributed by atoms with Crippen molar-refractivity contribution >= 4 is 6.09 Å². The lowest BCUT2D eigenvalue weighted by molar-refractivity contribution is -0.0581. The van der Waals surface area contributed by atoms with Crippen LogP contribution < -0.4 is 5.32 Å². The van der Waals surface area contributed by atoms with E-state index in [1.165, 1.54) is 51.4 Å². The van der Waals surface area contributed by atoms with E-state index in [9.17, 15) is 4.79 Å². The minimum atomic E-state index is -0.384. The van der Waals surface area contributed by atoms with E-state index in [1.54, 1.807) is 5.57 Å². The second kappa shape index (κ2) is 10.5. The molecule has 4 aliphatic rings. The summed E-state index contributed by atoms with van der Waals surface area (Å²) in [4.78, 5) is 12.0. The van der Waals surface area contributed by atoms with Crippen molar-refractivity contribution in [3.63, 3.8) is 0 Å². The first-order valence-corrected chi connectivity index (χ1v) is 14.4. The average molecular weight is 474 g/mol. The highest BCUT2D eigenvalue weighted by Crippen LogP contribution is 2.67. The largest absolute Gasteiger partial charge is 0.446 e. The molecule has 0 radical (unpaired) electrons. The fourth-order valence-corrected chi connectivity index (χ4v) is 9.10. The molecule has 1 amide bonds. The van der Waals surface area contributed by atoms with Crippen molar-refractivity contribution in [3.05, 3.63) is 11.6 Å². The Morgan fingerprint density at radius 2 is 1.91 bits per heavy atom. The van der Waals surface area contributed by atoms with Crippen LogP contribution in [0.2, 0.25) is 0 Å². The van der Waals surface area contributed by atoms with Gasteiger partial charge in [0.2, 0.25) is 0 Å². The monoisotopic (exact) mass is 473 g/mol. The normalized spacial score (nSPS) is 40.1. The van der Waals surface area contributed by atoms with Crippen LogP contribution in [0.4, 0.5) is 4.79 Å². The molecule has 3 fully saturated rings. The van der Waals surface area contributed by atoms with Gasteiger partial charge in [0.1, 0.15) is 6.10 Å². The van der Waals surface area contributed by atoms with Crippen LogP contribution in [0.1, 0.15) is 105 Å². The van der Waals surface area contributed by atoms with Crippen molar-refractivity contribution in [2.45, 2.75) is 111 Å². The van der Waals surface area contributed by atoms with Crippen molar-refractivity contribution in [2.24, 2.45) is 46.3 Å². The van der Waals surface area contributed by atoms with Gasteiger partial charge in [-0.15, -0.1) is 0 Å². The summed E-state index contributed by atoms with van der Waals surface area (Å²) in [6.07, 6.45) is 16.2. The zero-order chi connectivity index (χ0) is 24.5. The highest BCUT2D eigenvalue weighted by molar-refractivity contribution is 5.67. The van der Waals surface area contributed by atoms with E-state index in [0.29, 0.717) is 5.41 Å². The smallest absolute Gasteiger partial charge is 0.407 e. The number of alkyl carbamates (subject to hydrolysis) is 1. The summed E-state index contributed by atoms with van der Waals surface area (Å²) in [5.74, 6) is 5.12. The number of nitrogens with one attached hydrogen (secondary N) is 1. The molecule has 3 unspecified atom stereocenters. The second-order valence-electron chi connectivity index (χ2n) is 13.2. The van der Waals surface area contributed by atoms with Crippen LogP contribution in [0.15, 0.2) is 11.6 Å². The maximum absolute atomic E-state index is 12.0. The number of allylic oxidation sites excluding steroid dienone is 1. The van der Waals surface area contributed by atoms with Gasteiger partial charge in [-0.25, -0.2) is 4.79 Å². The molecule has 0 bridgehead atoms. The van der Waals surface area contributed by atoms with E-state index in [4.69, 9.17) is 9.84 Å². The lowest BCUT2D eigenvalue weighted by atomic mass is 9.47. The summed E-state index contributed by atoms with van der Waals surface area (Å²) >= 11 is 0. The van der Waals surface area contributed by atoms with Crippen molar-refractivity contribution in [1.82, 2.24) is 5.32 Å². The molecule has 0 aromatic rings. The molecular weight excluding hydrogens is 422 g/mol. The molecule has 4 rings (SSSR count). The van der Waals surface area contributed by atoms with Gasteiger partial charge in [-0.05, 0) is 91.3 Å². The summed E-state index contributed by atoms with van der Waals surface area (Å²) in [7, 11) is 0. The van der Waals surface area contributed by atoms with Crippen LogP contribution in [-0.2, 0) is 4.74 Å². The number of hydrogen-bond acceptors (Lipinski definition) is 3. The van der Waals surface area contributed by atoms with Gasteiger partial charge < -0.3 is 15.2 Å². The lowest BCUT2D eigenvalue weighted by Crippen LogP contribution is -2.51. The molecule has 0 spiro atoms. The fourth-order valence-electron chi connectivity index (χ4n) is 9.10. The first-order valence-electron chi connectivity index (χ1n) is 14.4. The molecule has 194 valence electrons. The van der Waals surface area contributed by atoms with Gasteiger partial charge in [0.05, 0.1) is 6.61 Å². The van der Waals surface area contributed by atoms with E-state index in [2.05, 4.69) is 46.0 Å². The predicted molar refractivity (Wildman–Crippen MR) is 138 cm³/mol. The van der Waals surface area contributed by atoms with Gasteiger partial charge in [0, 0.05) is 13.0 Å². The lowest BCUT2D eigenvalue weighted by Gasteiger charge is -2.58. The Hall–Kier alpha value is -1.03. The van der Waals surface area contributed by atoms with Crippen LogP contribution in [-0.4, -0.2) is 30.5 Å². The Morgan fingerprint density at radius 1 is 1.12 bits per heavy atom. The zero-order valence-corrected chi connectivity index (χ0v) is 22.6. The molecule has 8 atom stereocenters. The molecule has 3 saturated carbocycles. The quantitative estimate of drug-likeness (QED) is 0.369. The molecule has 34 heavy (non-hydrogen) atoms. The van der Waals surface area contributed by atoms with Gasteiger partial charge in [0.15, 0.2) is 0 Å². The number of rotatable bonds is 8. The van der Waals surface area contributed by atoms with Gasteiger partial charge in [-0.1, -0.05) is 65.5 Å². The van der Waals surface area contributed by atoms with Crippen molar-refractivity contribution in [2.75, 3.05) is 13.2 Å². The Morgan fingerprint density at radius 3 is 2.65 bits per heavy atom. The van der Waals surface area contributed by atoms with Crippen molar-refractivity contribution in [1.29, 1.82) is 0 Å². The summed E-state index contributed by atoms with van der Waals surface area (Å²) in [5, 5.41) is 11.6. The number of ether oxygens (including phenoxy) is 1. The van der Waals surface area contributed by atoms with Gasteiger partial charge >= 0.3 is 6.09 Å². The number of fused-ring (bicyclic) bond motifs is 5. The Bertz CT molecular complexity index is 747. The van der Waals surface area contributed by atoms with Crippen LogP contribution in [0.5, 0.6) is 0 Å². The summed E-state index contributed by atoms with van der Waals surface area (Å²) in [6.45, 7) is 12.7. The third-order valence-electron chi connectivity index (χ3n) is 10.9. The number of amides is 1. The third-order valence-corrected chi connectivity index (χ3v) is 10.9. The molecule has 0 aromatic carbocycles. The SMILES string of the molecule is CC(C)CCC[C@@H](C)[C@H]1CCC2C3CC=C4C[C@@H](OC(=O)NCCO)CC[C@]4(C)C3CC[C@@]21C. The van der Waals surface area contributed by atoms with E-state index < -0.39 is 0 Å². The number of carbonyl (C=O) groups is 1. The highest BCUT2D eigenvalue weighted by Gasteiger charge is 2.59. The Labute approximate surface area is 208 Å². The average Bonchev–Trinajstić information content (AvgIpc) is 3.15. The fraction of sp³-hybridized carbons (Fsp3) is 0.900. The van der Waals surface area contributed by atoms with Gasteiger partial charge in [0.25, 0.3) is 0 Å². The first kappa shape index (κ1) is 26.0. The van der Waals surface area contributed by atoms with Crippen LogP contribution in [0.3, 0.4) is 0 Å². The minimum Gasteiger partial charge on any atom is -0.446 e. The number of aliphatic hydroxyl groups excluding tert-OH is 1. The molecule has 2 N–H and O–H groups in total. The summed E-state index contributed by atoms with van der Waals surface area (Å²) < 4.78 is 5.69. The van der Waals surface area contributed by atoms with E-state index >= 15 is 0 Å². The Balaban J connectivity index is 1.41. The second-order valence-corrected chi connectivity index (χ2v) is 13.2. The molecule has 4 aliphatic carbocycles.